The van der Waals surface area contributed by atoms with Crippen LogP contribution in [0.4, 0.5) is 8.78 Å². The van der Waals surface area contributed by atoms with E-state index in [0.717, 1.165) is 12.1 Å². The number of aromatic nitrogens is 4. The molecule has 7 nitrogen and oxygen atoms in total. The fourth-order valence-corrected chi connectivity index (χ4v) is 2.91. The Balaban J connectivity index is 1.73. The highest BCUT2D eigenvalue weighted by Crippen LogP contribution is 2.14. The van der Waals surface area contributed by atoms with Crippen molar-refractivity contribution >= 4 is 10.0 Å². The Labute approximate surface area is 136 Å². The van der Waals surface area contributed by atoms with Crippen LogP contribution in [-0.2, 0) is 16.6 Å². The van der Waals surface area contributed by atoms with Gasteiger partial charge < -0.3 is 0 Å². The van der Waals surface area contributed by atoms with E-state index in [1.807, 2.05) is 0 Å². The number of halogens is 2. The minimum atomic E-state index is -4.00. The van der Waals surface area contributed by atoms with E-state index in [9.17, 15) is 17.2 Å². The molecule has 0 unspecified atom stereocenters. The molecule has 0 radical (unpaired) electrons. The predicted molar refractivity (Wildman–Crippen MR) is 79.5 cm³/mol. The third-order valence-electron chi connectivity index (χ3n) is 3.11. The molecule has 0 bridgehead atoms. The van der Waals surface area contributed by atoms with Crippen molar-refractivity contribution < 1.29 is 17.2 Å². The Kier molecular flexibility index (Phi) is 4.32. The predicted octanol–water partition coefficient (Wildman–Crippen LogP) is 1.42. The van der Waals surface area contributed by atoms with Crippen LogP contribution in [0.1, 0.15) is 5.69 Å². The van der Waals surface area contributed by atoms with Gasteiger partial charge in [0.15, 0.2) is 11.6 Å². The lowest BCUT2D eigenvalue weighted by Crippen LogP contribution is -2.23. The standard InChI is InChI=1S/C14H11F2N5O2S/c15-13-2-1-12(7-14(13)16)24(22,23)18-8-10-9-21(20-19-10)11-3-5-17-6-4-11/h1-7,9,18H,8H2. The van der Waals surface area contributed by atoms with E-state index in [1.54, 1.807) is 30.7 Å². The number of nitrogens with one attached hydrogen (secondary N) is 1. The number of pyridine rings is 1. The van der Waals surface area contributed by atoms with Crippen LogP contribution in [0.2, 0.25) is 0 Å². The van der Waals surface area contributed by atoms with E-state index in [0.29, 0.717) is 17.4 Å². The van der Waals surface area contributed by atoms with Crippen LogP contribution in [0.3, 0.4) is 0 Å². The zero-order valence-corrected chi connectivity index (χ0v) is 12.9. The van der Waals surface area contributed by atoms with Crippen LogP contribution in [0.15, 0.2) is 53.8 Å². The Bertz CT molecular complexity index is 960. The third kappa shape index (κ3) is 3.44. The van der Waals surface area contributed by atoms with Gasteiger partial charge in [-0.05, 0) is 30.3 Å². The second-order valence-corrected chi connectivity index (χ2v) is 6.53. The molecule has 3 rings (SSSR count). The van der Waals surface area contributed by atoms with Crippen molar-refractivity contribution in [3.8, 4) is 5.69 Å². The number of benzene rings is 1. The summed E-state index contributed by atoms with van der Waals surface area (Å²) in [6.07, 6.45) is 4.72. The average Bonchev–Trinajstić information content (AvgIpc) is 3.05. The fourth-order valence-electron chi connectivity index (χ4n) is 1.90. The van der Waals surface area contributed by atoms with Gasteiger partial charge in [0.25, 0.3) is 0 Å². The smallest absolute Gasteiger partial charge is 0.241 e. The molecule has 3 aromatic rings. The van der Waals surface area contributed by atoms with Crippen molar-refractivity contribution in [3.63, 3.8) is 0 Å². The van der Waals surface area contributed by atoms with E-state index in [1.165, 1.54) is 4.68 Å². The molecule has 1 N–H and O–H groups in total. The number of hydrogen-bond acceptors (Lipinski definition) is 5. The lowest BCUT2D eigenvalue weighted by Gasteiger charge is -2.05. The number of nitrogens with zero attached hydrogens (tertiary/aromatic N) is 4. The van der Waals surface area contributed by atoms with Crippen LogP contribution in [0.25, 0.3) is 5.69 Å². The average molecular weight is 351 g/mol. The summed E-state index contributed by atoms with van der Waals surface area (Å²) >= 11 is 0. The van der Waals surface area contributed by atoms with Crippen molar-refractivity contribution in [1.29, 1.82) is 0 Å². The minimum Gasteiger partial charge on any atom is -0.265 e. The Morgan fingerprint density at radius 3 is 2.54 bits per heavy atom. The fraction of sp³-hybridized carbons (Fsp3) is 0.0714. The van der Waals surface area contributed by atoms with Crippen molar-refractivity contribution in [2.75, 3.05) is 0 Å². The Morgan fingerprint density at radius 1 is 1.08 bits per heavy atom. The van der Waals surface area contributed by atoms with Gasteiger partial charge in [0.05, 0.1) is 29.0 Å². The van der Waals surface area contributed by atoms with Gasteiger partial charge in [0.2, 0.25) is 10.0 Å². The first-order valence-electron chi connectivity index (χ1n) is 6.72. The van der Waals surface area contributed by atoms with E-state index < -0.39 is 21.7 Å². The molecule has 124 valence electrons. The molecule has 0 amide bonds. The molecule has 2 heterocycles. The zero-order chi connectivity index (χ0) is 17.2. The second-order valence-electron chi connectivity index (χ2n) is 4.76. The second kappa shape index (κ2) is 6.42. The van der Waals surface area contributed by atoms with Gasteiger partial charge in [-0.3, -0.25) is 4.98 Å². The van der Waals surface area contributed by atoms with E-state index in [-0.39, 0.29) is 11.4 Å². The molecule has 2 aromatic heterocycles. The zero-order valence-electron chi connectivity index (χ0n) is 12.1. The van der Waals surface area contributed by atoms with Gasteiger partial charge in [-0.15, -0.1) is 5.10 Å². The van der Waals surface area contributed by atoms with E-state index in [4.69, 9.17) is 0 Å². The maximum absolute atomic E-state index is 13.2. The highest BCUT2D eigenvalue weighted by molar-refractivity contribution is 7.89. The molecule has 0 fully saturated rings. The molecule has 0 spiro atoms. The van der Waals surface area contributed by atoms with Crippen LogP contribution in [-0.4, -0.2) is 28.4 Å². The highest BCUT2D eigenvalue weighted by atomic mass is 32.2. The monoisotopic (exact) mass is 351 g/mol. The molecular formula is C14H11F2N5O2S. The highest BCUT2D eigenvalue weighted by Gasteiger charge is 2.17. The maximum Gasteiger partial charge on any atom is 0.241 e. The lowest BCUT2D eigenvalue weighted by molar-refractivity contribution is 0.504. The van der Waals surface area contributed by atoms with Crippen molar-refractivity contribution in [2.24, 2.45) is 0 Å². The topological polar surface area (TPSA) is 89.8 Å². The molecule has 0 saturated carbocycles. The van der Waals surface area contributed by atoms with Gasteiger partial charge in [0, 0.05) is 12.4 Å². The van der Waals surface area contributed by atoms with Crippen LogP contribution in [0, 0.1) is 11.6 Å². The van der Waals surface area contributed by atoms with Crippen LogP contribution >= 0.6 is 0 Å². The van der Waals surface area contributed by atoms with Gasteiger partial charge in [0.1, 0.15) is 0 Å². The number of hydrogen-bond donors (Lipinski definition) is 1. The van der Waals surface area contributed by atoms with E-state index in [2.05, 4.69) is 20.0 Å². The molecule has 0 atom stereocenters. The van der Waals surface area contributed by atoms with Gasteiger partial charge in [-0.1, -0.05) is 5.21 Å². The third-order valence-corrected chi connectivity index (χ3v) is 4.51. The minimum absolute atomic E-state index is 0.146. The normalized spacial score (nSPS) is 11.6. The van der Waals surface area contributed by atoms with Crippen molar-refractivity contribution in [3.05, 3.63) is 66.3 Å². The summed E-state index contributed by atoms with van der Waals surface area (Å²) in [6, 6.07) is 5.78. The molecule has 24 heavy (non-hydrogen) atoms. The first-order valence-corrected chi connectivity index (χ1v) is 8.20. The summed E-state index contributed by atoms with van der Waals surface area (Å²) in [5.74, 6) is -2.35. The number of sulfonamides is 1. The number of rotatable bonds is 5. The maximum atomic E-state index is 13.2. The molecule has 0 aliphatic carbocycles. The molecule has 0 aliphatic heterocycles. The van der Waals surface area contributed by atoms with Gasteiger partial charge in [-0.25, -0.2) is 26.6 Å². The molecular weight excluding hydrogens is 340 g/mol. The molecule has 1 aromatic carbocycles. The first kappa shape index (κ1) is 16.1. The van der Waals surface area contributed by atoms with E-state index >= 15 is 0 Å². The Hall–Kier alpha value is -2.72. The van der Waals surface area contributed by atoms with Gasteiger partial charge in [-0.2, -0.15) is 0 Å². The lowest BCUT2D eigenvalue weighted by atomic mass is 10.3. The molecule has 0 saturated heterocycles. The Morgan fingerprint density at radius 2 is 1.83 bits per heavy atom. The quantitative estimate of drug-likeness (QED) is 0.751. The van der Waals surface area contributed by atoms with Crippen molar-refractivity contribution in [2.45, 2.75) is 11.4 Å². The summed E-state index contributed by atoms with van der Waals surface area (Å²) in [6.45, 7) is -0.146. The van der Waals surface area contributed by atoms with Gasteiger partial charge >= 0.3 is 0 Å². The summed E-state index contributed by atoms with van der Waals surface area (Å²) in [5.41, 5.74) is 1.07. The largest absolute Gasteiger partial charge is 0.265 e. The SMILES string of the molecule is O=S(=O)(NCc1cn(-c2ccncc2)nn1)c1ccc(F)c(F)c1. The summed E-state index contributed by atoms with van der Waals surface area (Å²) in [4.78, 5) is 3.51. The molecule has 0 aliphatic rings. The summed E-state index contributed by atoms with van der Waals surface area (Å²) in [5, 5.41) is 7.73. The first-order chi connectivity index (χ1) is 11.5. The molecule has 10 heteroatoms. The van der Waals surface area contributed by atoms with Crippen LogP contribution < -0.4 is 4.72 Å². The van der Waals surface area contributed by atoms with Crippen LogP contribution in [0.5, 0.6) is 0 Å². The summed E-state index contributed by atoms with van der Waals surface area (Å²) < 4.78 is 53.9. The van der Waals surface area contributed by atoms with Crippen molar-refractivity contribution in [1.82, 2.24) is 24.7 Å². The summed E-state index contributed by atoms with van der Waals surface area (Å²) in [7, 11) is -4.00.